The van der Waals surface area contributed by atoms with Gasteiger partial charge in [0, 0.05) is 32.4 Å². The number of hydrogen-bond acceptors (Lipinski definition) is 7. The van der Waals surface area contributed by atoms with E-state index in [1.54, 1.807) is 15.3 Å². The summed E-state index contributed by atoms with van der Waals surface area (Å²) in [4.78, 5) is 32.2. The number of nitrogens with zero attached hydrogens (tertiary/aromatic N) is 6. The Labute approximate surface area is 218 Å². The third-order valence-electron chi connectivity index (χ3n) is 7.45. The molecule has 1 fully saturated rings. The lowest BCUT2D eigenvalue weighted by Crippen LogP contribution is -2.28. The monoisotopic (exact) mass is 506 g/mol. The van der Waals surface area contributed by atoms with Gasteiger partial charge in [-0.2, -0.15) is 0 Å². The third kappa shape index (κ3) is 5.60. The molecule has 1 aliphatic rings. The van der Waals surface area contributed by atoms with Crippen molar-refractivity contribution in [2.24, 2.45) is 18.9 Å². The third-order valence-corrected chi connectivity index (χ3v) is 7.45. The molecule has 4 heterocycles. The van der Waals surface area contributed by atoms with Crippen molar-refractivity contribution in [2.75, 3.05) is 25.1 Å². The number of aromatic nitrogens is 5. The van der Waals surface area contributed by atoms with Crippen molar-refractivity contribution in [1.29, 1.82) is 0 Å². The van der Waals surface area contributed by atoms with E-state index >= 15 is 0 Å². The summed E-state index contributed by atoms with van der Waals surface area (Å²) in [6.07, 6.45) is 6.38. The molecule has 0 aliphatic carbocycles. The first-order valence-corrected chi connectivity index (χ1v) is 13.3. The van der Waals surface area contributed by atoms with Gasteiger partial charge in [0.1, 0.15) is 5.69 Å². The number of methoxy groups -OCH3 is 1. The van der Waals surface area contributed by atoms with E-state index in [0.717, 1.165) is 73.5 Å². The lowest BCUT2D eigenvalue weighted by atomic mass is 9.89. The summed E-state index contributed by atoms with van der Waals surface area (Å²) in [5.74, 6) is 0.0805. The van der Waals surface area contributed by atoms with E-state index in [-0.39, 0.29) is 23.4 Å². The molecule has 2 unspecified atom stereocenters. The fourth-order valence-electron chi connectivity index (χ4n) is 5.41. The number of carbonyl (C=O) groups is 1. The van der Waals surface area contributed by atoms with E-state index in [9.17, 15) is 9.59 Å². The molecule has 9 nitrogen and oxygen atoms in total. The maximum Gasteiger partial charge on any atom is 0.308 e. The molecular formula is C28H38N6O3. The first-order chi connectivity index (χ1) is 17.9. The molecule has 0 aromatic carbocycles. The Morgan fingerprint density at radius 3 is 2.70 bits per heavy atom. The highest BCUT2D eigenvalue weighted by Crippen LogP contribution is 2.33. The zero-order chi connectivity index (χ0) is 26.5. The summed E-state index contributed by atoms with van der Waals surface area (Å²) >= 11 is 0. The molecule has 3 aromatic rings. The minimum absolute atomic E-state index is 0.0505. The maximum absolute atomic E-state index is 12.6. The van der Waals surface area contributed by atoms with Crippen molar-refractivity contribution < 1.29 is 9.53 Å². The van der Waals surface area contributed by atoms with Crippen LogP contribution in [0.2, 0.25) is 0 Å². The van der Waals surface area contributed by atoms with Crippen LogP contribution in [0.25, 0.3) is 11.4 Å². The summed E-state index contributed by atoms with van der Waals surface area (Å²) in [5.41, 5.74) is 5.45. The zero-order valence-corrected chi connectivity index (χ0v) is 22.6. The summed E-state index contributed by atoms with van der Waals surface area (Å²) in [7, 11) is 3.31. The van der Waals surface area contributed by atoms with Crippen LogP contribution in [-0.4, -0.2) is 50.7 Å². The van der Waals surface area contributed by atoms with Crippen molar-refractivity contribution in [3.63, 3.8) is 0 Å². The zero-order valence-electron chi connectivity index (χ0n) is 22.6. The summed E-state index contributed by atoms with van der Waals surface area (Å²) in [5, 5.41) is 8.67. The van der Waals surface area contributed by atoms with Crippen LogP contribution >= 0.6 is 0 Å². The van der Waals surface area contributed by atoms with Gasteiger partial charge >= 0.3 is 5.97 Å². The molecule has 4 rings (SSSR count). The lowest BCUT2D eigenvalue weighted by molar-refractivity contribution is -0.147. The van der Waals surface area contributed by atoms with Gasteiger partial charge in [-0.25, -0.2) is 9.67 Å². The Morgan fingerprint density at radius 2 is 2.00 bits per heavy atom. The van der Waals surface area contributed by atoms with Gasteiger partial charge in [0.15, 0.2) is 0 Å². The van der Waals surface area contributed by atoms with E-state index in [0.29, 0.717) is 12.2 Å². The number of carbonyl (C=O) groups excluding carboxylic acids is 1. The van der Waals surface area contributed by atoms with Crippen LogP contribution in [-0.2, 0) is 36.0 Å². The topological polar surface area (TPSA) is 95.1 Å². The molecule has 0 radical (unpaired) electrons. The molecule has 0 N–H and O–H groups in total. The minimum atomic E-state index is -0.118. The van der Waals surface area contributed by atoms with Crippen LogP contribution in [0.5, 0.6) is 0 Å². The average molecular weight is 507 g/mol. The highest BCUT2D eigenvalue weighted by atomic mass is 16.5. The van der Waals surface area contributed by atoms with Gasteiger partial charge in [0.05, 0.1) is 42.3 Å². The number of esters is 1. The average Bonchev–Trinajstić information content (AvgIpc) is 3.53. The predicted octanol–water partition coefficient (Wildman–Crippen LogP) is 3.63. The molecule has 1 aliphatic heterocycles. The minimum Gasteiger partial charge on any atom is -0.469 e. The van der Waals surface area contributed by atoms with Gasteiger partial charge < -0.3 is 14.2 Å². The summed E-state index contributed by atoms with van der Waals surface area (Å²) in [6.45, 7) is 8.35. The standard InChI is InChI=1S/C28H38N6O3/c1-6-9-19-10-13-26(35)34(16-19)18-25-27(30-31-32(25)4)23-11-12-24(22(8-3)29-23)33-15-14-20(17-33)21(7-2)28(36)37-5/h10-13,16,20-21H,6-9,14-15,17-18H2,1-5H3. The van der Waals surface area contributed by atoms with Gasteiger partial charge in [-0.15, -0.1) is 5.10 Å². The highest BCUT2D eigenvalue weighted by molar-refractivity contribution is 5.73. The van der Waals surface area contributed by atoms with Gasteiger partial charge in [0.2, 0.25) is 0 Å². The molecule has 0 amide bonds. The molecule has 9 heteroatoms. The van der Waals surface area contributed by atoms with Crippen molar-refractivity contribution in [1.82, 2.24) is 24.5 Å². The van der Waals surface area contributed by atoms with E-state index in [2.05, 4.69) is 35.1 Å². The Kier molecular flexibility index (Phi) is 8.41. The van der Waals surface area contributed by atoms with Crippen LogP contribution in [0.1, 0.15) is 57.0 Å². The second-order valence-corrected chi connectivity index (χ2v) is 9.81. The normalized spacial score (nSPS) is 16.2. The Hall–Kier alpha value is -3.49. The number of hydrogen-bond donors (Lipinski definition) is 0. The number of rotatable bonds is 10. The summed E-state index contributed by atoms with van der Waals surface area (Å²) < 4.78 is 8.48. The second-order valence-electron chi connectivity index (χ2n) is 9.81. The number of anilines is 1. The molecule has 3 aromatic heterocycles. The smallest absolute Gasteiger partial charge is 0.308 e. The molecule has 0 spiro atoms. The van der Waals surface area contributed by atoms with Crippen LogP contribution in [0.15, 0.2) is 35.3 Å². The molecule has 0 bridgehead atoms. The van der Waals surface area contributed by atoms with Crippen molar-refractivity contribution in [3.8, 4) is 11.4 Å². The Bertz CT molecular complexity index is 1300. The quantitative estimate of drug-likeness (QED) is 0.388. The van der Waals surface area contributed by atoms with Crippen LogP contribution in [0, 0.1) is 11.8 Å². The van der Waals surface area contributed by atoms with Gasteiger partial charge in [0.25, 0.3) is 5.56 Å². The second kappa shape index (κ2) is 11.7. The fourth-order valence-corrected chi connectivity index (χ4v) is 5.41. The van der Waals surface area contributed by atoms with Crippen molar-refractivity contribution in [2.45, 2.75) is 59.4 Å². The first-order valence-electron chi connectivity index (χ1n) is 13.3. The molecular weight excluding hydrogens is 468 g/mol. The predicted molar refractivity (Wildman–Crippen MR) is 144 cm³/mol. The number of ether oxygens (including phenoxy) is 1. The highest BCUT2D eigenvalue weighted by Gasteiger charge is 2.34. The van der Waals surface area contributed by atoms with Crippen molar-refractivity contribution in [3.05, 3.63) is 57.8 Å². The molecule has 2 atom stereocenters. The van der Waals surface area contributed by atoms with E-state index < -0.39 is 0 Å². The van der Waals surface area contributed by atoms with Crippen molar-refractivity contribution >= 4 is 11.7 Å². The largest absolute Gasteiger partial charge is 0.469 e. The first kappa shape index (κ1) is 26.6. The Morgan fingerprint density at radius 1 is 1.19 bits per heavy atom. The van der Waals surface area contributed by atoms with Gasteiger partial charge in [-0.05, 0) is 49.3 Å². The molecule has 1 saturated heterocycles. The van der Waals surface area contributed by atoms with E-state index in [4.69, 9.17) is 9.72 Å². The maximum atomic E-state index is 12.6. The van der Waals surface area contributed by atoms with E-state index in [1.165, 1.54) is 7.11 Å². The molecule has 198 valence electrons. The van der Waals surface area contributed by atoms with Crippen LogP contribution < -0.4 is 10.5 Å². The Balaban J connectivity index is 1.60. The van der Waals surface area contributed by atoms with Gasteiger partial charge in [-0.3, -0.25) is 9.59 Å². The van der Waals surface area contributed by atoms with Crippen LogP contribution in [0.4, 0.5) is 5.69 Å². The SMILES string of the molecule is CCCc1ccc(=O)n(Cc2c(-c3ccc(N4CCC(C(CC)C(=O)OC)C4)c(CC)n3)nnn2C)c1. The number of pyridine rings is 2. The molecule has 0 saturated carbocycles. The molecule has 37 heavy (non-hydrogen) atoms. The number of aryl methyl sites for hydroxylation is 3. The fraction of sp³-hybridized carbons (Fsp3) is 0.536. The van der Waals surface area contributed by atoms with Crippen LogP contribution in [0.3, 0.4) is 0 Å². The lowest BCUT2D eigenvalue weighted by Gasteiger charge is -2.24. The van der Waals surface area contributed by atoms with E-state index in [1.807, 2.05) is 32.3 Å². The summed E-state index contributed by atoms with van der Waals surface area (Å²) in [6, 6.07) is 7.62. The van der Waals surface area contributed by atoms with Gasteiger partial charge in [-0.1, -0.05) is 38.5 Å².